The molecule has 1 amide bonds. The Morgan fingerprint density at radius 2 is 1.85 bits per heavy atom. The quantitative estimate of drug-likeness (QED) is 0.761. The molecule has 2 atom stereocenters. The van der Waals surface area contributed by atoms with Crippen LogP contribution in [-0.4, -0.2) is 31.6 Å². The second-order valence-corrected chi connectivity index (χ2v) is 8.51. The third-order valence-corrected chi connectivity index (χ3v) is 4.67. The fourth-order valence-corrected chi connectivity index (χ4v) is 3.11. The molecule has 1 heterocycles. The Labute approximate surface area is 160 Å². The van der Waals surface area contributed by atoms with Crippen molar-refractivity contribution in [2.24, 2.45) is 0 Å². The molecule has 0 bridgehead atoms. The predicted molar refractivity (Wildman–Crippen MR) is 108 cm³/mol. The number of anilines is 1. The molecule has 7 heteroatoms. The summed E-state index contributed by atoms with van der Waals surface area (Å²) in [6, 6.07) is 11.2. The Hall–Kier alpha value is -2.67. The van der Waals surface area contributed by atoms with Crippen LogP contribution in [0.4, 0.5) is 5.82 Å². The predicted octanol–water partition coefficient (Wildman–Crippen LogP) is 3.24. The van der Waals surface area contributed by atoms with Gasteiger partial charge in [0.05, 0.1) is 11.6 Å². The van der Waals surface area contributed by atoms with Crippen LogP contribution >= 0.6 is 0 Å². The first-order chi connectivity index (χ1) is 12.7. The van der Waals surface area contributed by atoms with E-state index < -0.39 is 15.9 Å². The molecule has 0 aliphatic heterocycles. The molecule has 0 saturated heterocycles. The SMILES string of the molecule is Cc1ccccc1[C@H](C)Nc1ccc(C(=O)N[C@H](C)/C=C/S(C)(=O)=O)cn1. The molecule has 0 aliphatic rings. The van der Waals surface area contributed by atoms with Gasteiger partial charge in [0.25, 0.3) is 5.91 Å². The van der Waals surface area contributed by atoms with Crippen molar-refractivity contribution in [2.75, 3.05) is 11.6 Å². The maximum Gasteiger partial charge on any atom is 0.253 e. The maximum atomic E-state index is 12.2. The Bertz CT molecular complexity index is 922. The monoisotopic (exact) mass is 387 g/mol. The minimum Gasteiger partial charge on any atom is -0.364 e. The Kier molecular flexibility index (Phi) is 6.74. The number of aromatic nitrogens is 1. The van der Waals surface area contributed by atoms with Gasteiger partial charge in [0.15, 0.2) is 9.84 Å². The summed E-state index contributed by atoms with van der Waals surface area (Å²) in [5.74, 6) is 0.360. The lowest BCUT2D eigenvalue weighted by molar-refractivity contribution is 0.0946. The minimum absolute atomic E-state index is 0.0829. The smallest absolute Gasteiger partial charge is 0.253 e. The van der Waals surface area contributed by atoms with Gasteiger partial charge in [-0.15, -0.1) is 0 Å². The van der Waals surface area contributed by atoms with E-state index in [1.807, 2.05) is 12.1 Å². The molecule has 2 aromatic rings. The van der Waals surface area contributed by atoms with Crippen molar-refractivity contribution < 1.29 is 13.2 Å². The molecule has 6 nitrogen and oxygen atoms in total. The summed E-state index contributed by atoms with van der Waals surface area (Å²) in [5.41, 5.74) is 2.79. The van der Waals surface area contributed by atoms with Crippen LogP contribution in [0.25, 0.3) is 0 Å². The molecule has 144 valence electrons. The van der Waals surface area contributed by atoms with E-state index in [0.717, 1.165) is 11.7 Å². The molecule has 1 aromatic heterocycles. The summed E-state index contributed by atoms with van der Waals surface area (Å²) in [5, 5.41) is 7.11. The molecule has 0 radical (unpaired) electrons. The second-order valence-electron chi connectivity index (χ2n) is 6.57. The highest BCUT2D eigenvalue weighted by Crippen LogP contribution is 2.20. The molecule has 0 fully saturated rings. The van der Waals surface area contributed by atoms with E-state index >= 15 is 0 Å². The van der Waals surface area contributed by atoms with Gasteiger partial charge in [0.1, 0.15) is 5.82 Å². The number of hydrogen-bond acceptors (Lipinski definition) is 5. The van der Waals surface area contributed by atoms with Crippen molar-refractivity contribution in [3.8, 4) is 0 Å². The van der Waals surface area contributed by atoms with Crippen LogP contribution in [-0.2, 0) is 9.84 Å². The van der Waals surface area contributed by atoms with Crippen molar-refractivity contribution in [3.05, 3.63) is 70.8 Å². The van der Waals surface area contributed by atoms with Crippen LogP contribution in [0, 0.1) is 6.92 Å². The number of amides is 1. The van der Waals surface area contributed by atoms with E-state index in [-0.39, 0.29) is 11.9 Å². The zero-order valence-electron chi connectivity index (χ0n) is 15.9. The van der Waals surface area contributed by atoms with Gasteiger partial charge in [-0.25, -0.2) is 13.4 Å². The van der Waals surface area contributed by atoms with E-state index in [9.17, 15) is 13.2 Å². The highest BCUT2D eigenvalue weighted by atomic mass is 32.2. The summed E-state index contributed by atoms with van der Waals surface area (Å²) in [7, 11) is -3.22. The van der Waals surface area contributed by atoms with Gasteiger partial charge in [0, 0.05) is 23.9 Å². The first-order valence-electron chi connectivity index (χ1n) is 8.63. The lowest BCUT2D eigenvalue weighted by Crippen LogP contribution is -2.31. The van der Waals surface area contributed by atoms with Gasteiger partial charge in [-0.2, -0.15) is 0 Å². The summed E-state index contributed by atoms with van der Waals surface area (Å²) < 4.78 is 22.2. The van der Waals surface area contributed by atoms with Crippen LogP contribution in [0.15, 0.2) is 54.1 Å². The van der Waals surface area contributed by atoms with E-state index in [1.165, 1.54) is 23.4 Å². The molecule has 0 saturated carbocycles. The van der Waals surface area contributed by atoms with Gasteiger partial charge >= 0.3 is 0 Å². The van der Waals surface area contributed by atoms with Crippen molar-refractivity contribution in [1.82, 2.24) is 10.3 Å². The van der Waals surface area contributed by atoms with Crippen LogP contribution in [0.3, 0.4) is 0 Å². The van der Waals surface area contributed by atoms with Gasteiger partial charge in [-0.1, -0.05) is 30.3 Å². The highest BCUT2D eigenvalue weighted by molar-refractivity contribution is 7.93. The first-order valence-corrected chi connectivity index (χ1v) is 10.6. The Morgan fingerprint density at radius 1 is 1.15 bits per heavy atom. The molecular weight excluding hydrogens is 362 g/mol. The van der Waals surface area contributed by atoms with Crippen molar-refractivity contribution >= 4 is 21.6 Å². The zero-order chi connectivity index (χ0) is 20.0. The van der Waals surface area contributed by atoms with Crippen molar-refractivity contribution in [2.45, 2.75) is 32.9 Å². The molecule has 0 spiro atoms. The molecule has 2 rings (SSSR count). The summed E-state index contributed by atoms with van der Waals surface area (Å²) in [6.45, 7) is 5.82. The first kappa shape index (κ1) is 20.6. The maximum absolute atomic E-state index is 12.2. The summed E-state index contributed by atoms with van der Waals surface area (Å²) in [6.07, 6.45) is 4.03. The largest absolute Gasteiger partial charge is 0.364 e. The molecule has 27 heavy (non-hydrogen) atoms. The number of nitrogens with one attached hydrogen (secondary N) is 2. The van der Waals surface area contributed by atoms with Crippen LogP contribution < -0.4 is 10.6 Å². The number of aryl methyl sites for hydroxylation is 1. The topological polar surface area (TPSA) is 88.2 Å². The molecule has 1 aromatic carbocycles. The van der Waals surface area contributed by atoms with Crippen molar-refractivity contribution in [3.63, 3.8) is 0 Å². The number of benzene rings is 1. The van der Waals surface area contributed by atoms with E-state index in [0.29, 0.717) is 11.4 Å². The van der Waals surface area contributed by atoms with Crippen LogP contribution in [0.1, 0.15) is 41.4 Å². The lowest BCUT2D eigenvalue weighted by Gasteiger charge is -2.17. The van der Waals surface area contributed by atoms with E-state index in [2.05, 4.69) is 41.6 Å². The highest BCUT2D eigenvalue weighted by Gasteiger charge is 2.11. The Balaban J connectivity index is 1.99. The van der Waals surface area contributed by atoms with Crippen molar-refractivity contribution in [1.29, 1.82) is 0 Å². The third kappa shape index (κ3) is 6.53. The number of carbonyl (C=O) groups excluding carboxylic acids is 1. The van der Waals surface area contributed by atoms with Crippen LogP contribution in [0.5, 0.6) is 0 Å². The number of carbonyl (C=O) groups is 1. The third-order valence-electron chi connectivity index (χ3n) is 4.02. The number of pyridine rings is 1. The zero-order valence-corrected chi connectivity index (χ0v) is 16.7. The molecular formula is C20H25N3O3S. The Morgan fingerprint density at radius 3 is 2.44 bits per heavy atom. The fourth-order valence-electron chi connectivity index (χ4n) is 2.58. The van der Waals surface area contributed by atoms with Gasteiger partial charge in [0.2, 0.25) is 0 Å². The molecule has 0 aliphatic carbocycles. The average molecular weight is 388 g/mol. The number of nitrogens with zero attached hydrogens (tertiary/aromatic N) is 1. The van der Waals surface area contributed by atoms with Gasteiger partial charge < -0.3 is 10.6 Å². The standard InChI is InChI=1S/C20H25N3O3S/c1-14-7-5-6-8-18(14)16(3)23-19-10-9-17(13-21-19)20(24)22-15(2)11-12-27(4,25)26/h5-13,15-16H,1-4H3,(H,21,23)(H,22,24)/b12-11+/t15-,16+/m1/s1. The molecule has 0 unspecified atom stereocenters. The second kappa shape index (κ2) is 8.81. The average Bonchev–Trinajstić information content (AvgIpc) is 2.60. The van der Waals surface area contributed by atoms with E-state index in [4.69, 9.17) is 0 Å². The number of hydrogen-bond donors (Lipinski definition) is 2. The number of rotatable bonds is 7. The minimum atomic E-state index is -3.22. The van der Waals surface area contributed by atoms with E-state index in [1.54, 1.807) is 19.1 Å². The number of sulfone groups is 1. The lowest BCUT2D eigenvalue weighted by atomic mass is 10.0. The molecule has 2 N–H and O–H groups in total. The normalized spacial score (nSPS) is 13.9. The van der Waals surface area contributed by atoms with Crippen LogP contribution in [0.2, 0.25) is 0 Å². The summed E-state index contributed by atoms with van der Waals surface area (Å²) in [4.78, 5) is 16.5. The summed E-state index contributed by atoms with van der Waals surface area (Å²) >= 11 is 0. The fraction of sp³-hybridized carbons (Fsp3) is 0.300. The van der Waals surface area contributed by atoms with Gasteiger partial charge in [-0.05, 0) is 44.0 Å². The van der Waals surface area contributed by atoms with Gasteiger partial charge in [-0.3, -0.25) is 4.79 Å².